The average molecular weight is 414 g/mol. The normalized spacial score (nSPS) is 10.9. The first kappa shape index (κ1) is 19.8. The molecule has 0 bridgehead atoms. The van der Waals surface area contributed by atoms with Gasteiger partial charge in [0.1, 0.15) is 6.07 Å². The molecule has 0 saturated heterocycles. The minimum Gasteiger partial charge on any atom is -0.360 e. The first-order valence-corrected chi connectivity index (χ1v) is 10.7. The predicted octanol–water partition coefficient (Wildman–Crippen LogP) is 7.36. The summed E-state index contributed by atoms with van der Waals surface area (Å²) in [4.78, 5) is 8.35. The molecule has 154 valence electrons. The second-order valence-electron chi connectivity index (χ2n) is 8.24. The van der Waals surface area contributed by atoms with Crippen molar-refractivity contribution in [2.24, 2.45) is 0 Å². The van der Waals surface area contributed by atoms with Crippen LogP contribution in [0.25, 0.3) is 44.5 Å². The molecule has 5 rings (SSSR count). The van der Waals surface area contributed by atoms with Crippen LogP contribution < -0.4 is 0 Å². The Morgan fingerprint density at radius 2 is 1.47 bits per heavy atom. The van der Waals surface area contributed by atoms with E-state index in [1.165, 1.54) is 16.7 Å². The maximum absolute atomic E-state index is 10.3. The molecule has 0 aliphatic heterocycles. The van der Waals surface area contributed by atoms with E-state index in [1.807, 2.05) is 42.6 Å². The standard InChI is InChI=1S/C29H23N3/c1-18-13-22(14-19(2)20(18)3)24-15-28(21-9-5-4-6-10-21)32-29(25(24)16-30)26-17-31-27-12-8-7-11-23(26)27/h4-15,17,31H,1-3H3. The van der Waals surface area contributed by atoms with Crippen molar-refractivity contribution in [2.75, 3.05) is 0 Å². The molecule has 1 N–H and O–H groups in total. The van der Waals surface area contributed by atoms with E-state index < -0.39 is 0 Å². The van der Waals surface area contributed by atoms with Crippen LogP contribution in [0.5, 0.6) is 0 Å². The minimum atomic E-state index is 0.595. The third-order valence-electron chi connectivity index (χ3n) is 6.28. The Morgan fingerprint density at radius 1 is 0.781 bits per heavy atom. The van der Waals surface area contributed by atoms with Gasteiger partial charge >= 0.3 is 0 Å². The van der Waals surface area contributed by atoms with Gasteiger partial charge in [0.2, 0.25) is 0 Å². The molecule has 0 amide bonds. The first-order chi connectivity index (χ1) is 15.6. The molecular formula is C29H23N3. The molecule has 0 aliphatic rings. The molecule has 2 heterocycles. The highest BCUT2D eigenvalue weighted by Gasteiger charge is 2.19. The number of aromatic amines is 1. The third-order valence-corrected chi connectivity index (χ3v) is 6.28. The molecule has 32 heavy (non-hydrogen) atoms. The summed E-state index contributed by atoms with van der Waals surface area (Å²) in [6.45, 7) is 6.38. The van der Waals surface area contributed by atoms with Gasteiger partial charge in [0.15, 0.2) is 0 Å². The van der Waals surface area contributed by atoms with Crippen molar-refractivity contribution in [3.05, 3.63) is 101 Å². The van der Waals surface area contributed by atoms with Crippen molar-refractivity contribution in [2.45, 2.75) is 20.8 Å². The van der Waals surface area contributed by atoms with Crippen LogP contribution in [0.3, 0.4) is 0 Å². The summed E-state index contributed by atoms with van der Waals surface area (Å²) in [5, 5.41) is 11.3. The molecule has 0 unspecified atom stereocenters. The number of benzene rings is 3. The molecule has 5 aromatic rings. The lowest BCUT2D eigenvalue weighted by Gasteiger charge is -2.15. The molecule has 2 aromatic heterocycles. The highest BCUT2D eigenvalue weighted by molar-refractivity contribution is 5.98. The summed E-state index contributed by atoms with van der Waals surface area (Å²) in [5.74, 6) is 0. The molecule has 0 atom stereocenters. The smallest absolute Gasteiger partial charge is 0.102 e. The van der Waals surface area contributed by atoms with Crippen LogP contribution in [0.1, 0.15) is 22.3 Å². The Morgan fingerprint density at radius 3 is 2.19 bits per heavy atom. The van der Waals surface area contributed by atoms with Crippen LogP contribution >= 0.6 is 0 Å². The quantitative estimate of drug-likeness (QED) is 0.336. The van der Waals surface area contributed by atoms with Crippen molar-refractivity contribution in [3.8, 4) is 39.7 Å². The second-order valence-corrected chi connectivity index (χ2v) is 8.24. The van der Waals surface area contributed by atoms with E-state index in [9.17, 15) is 5.26 Å². The maximum Gasteiger partial charge on any atom is 0.102 e. The van der Waals surface area contributed by atoms with Gasteiger partial charge in [-0.25, -0.2) is 4.98 Å². The van der Waals surface area contributed by atoms with E-state index in [-0.39, 0.29) is 0 Å². The Hall–Kier alpha value is -4.16. The van der Waals surface area contributed by atoms with Gasteiger partial charge in [0, 0.05) is 33.8 Å². The van der Waals surface area contributed by atoms with Crippen molar-refractivity contribution in [1.82, 2.24) is 9.97 Å². The number of para-hydroxylation sites is 1. The van der Waals surface area contributed by atoms with Crippen LogP contribution in [-0.4, -0.2) is 9.97 Å². The van der Waals surface area contributed by atoms with Gasteiger partial charge < -0.3 is 4.98 Å². The van der Waals surface area contributed by atoms with Crippen LogP contribution in [0.2, 0.25) is 0 Å². The van der Waals surface area contributed by atoms with Crippen LogP contribution in [-0.2, 0) is 0 Å². The average Bonchev–Trinajstić information content (AvgIpc) is 3.26. The topological polar surface area (TPSA) is 52.5 Å². The predicted molar refractivity (Wildman–Crippen MR) is 131 cm³/mol. The third kappa shape index (κ3) is 3.27. The van der Waals surface area contributed by atoms with E-state index in [4.69, 9.17) is 4.98 Å². The summed E-state index contributed by atoms with van der Waals surface area (Å²) in [6, 6.07) is 27.1. The fraction of sp³-hybridized carbons (Fsp3) is 0.103. The van der Waals surface area contributed by atoms with E-state index >= 15 is 0 Å². The van der Waals surface area contributed by atoms with Gasteiger partial charge in [-0.3, -0.25) is 0 Å². The number of nitrogens with one attached hydrogen (secondary N) is 1. The van der Waals surface area contributed by atoms with Crippen LogP contribution in [0.15, 0.2) is 79.0 Å². The van der Waals surface area contributed by atoms with Crippen LogP contribution in [0, 0.1) is 32.1 Å². The Labute approximate surface area is 188 Å². The summed E-state index contributed by atoms with van der Waals surface area (Å²) >= 11 is 0. The largest absolute Gasteiger partial charge is 0.360 e. The fourth-order valence-corrected chi connectivity index (χ4v) is 4.30. The fourth-order valence-electron chi connectivity index (χ4n) is 4.30. The number of nitrogens with zero attached hydrogens (tertiary/aromatic N) is 2. The molecule has 3 nitrogen and oxygen atoms in total. The zero-order valence-corrected chi connectivity index (χ0v) is 18.4. The molecule has 0 fully saturated rings. The number of hydrogen-bond acceptors (Lipinski definition) is 2. The van der Waals surface area contributed by atoms with Crippen molar-refractivity contribution in [1.29, 1.82) is 5.26 Å². The minimum absolute atomic E-state index is 0.595. The van der Waals surface area contributed by atoms with Gasteiger partial charge in [-0.2, -0.15) is 5.26 Å². The Bertz CT molecular complexity index is 1480. The van der Waals surface area contributed by atoms with Gasteiger partial charge in [-0.15, -0.1) is 0 Å². The molecule has 0 radical (unpaired) electrons. The number of H-pyrrole nitrogens is 1. The summed E-state index contributed by atoms with van der Waals surface area (Å²) in [7, 11) is 0. The molecule has 0 saturated carbocycles. The van der Waals surface area contributed by atoms with Gasteiger partial charge in [-0.05, 0) is 55.2 Å². The number of pyridine rings is 1. The Kier molecular flexibility index (Phi) is 4.84. The SMILES string of the molecule is Cc1cc(-c2cc(-c3ccccc3)nc(-c3c[nH]c4ccccc34)c2C#N)cc(C)c1C. The highest BCUT2D eigenvalue weighted by atomic mass is 14.8. The maximum atomic E-state index is 10.3. The number of rotatable bonds is 3. The number of aromatic nitrogens is 2. The number of fused-ring (bicyclic) bond motifs is 1. The lowest BCUT2D eigenvalue weighted by Crippen LogP contribution is -1.98. The second kappa shape index (κ2) is 7.83. The summed E-state index contributed by atoms with van der Waals surface area (Å²) in [5.41, 5.74) is 10.8. The van der Waals surface area contributed by atoms with Gasteiger partial charge in [-0.1, -0.05) is 60.7 Å². The van der Waals surface area contributed by atoms with E-state index in [2.05, 4.69) is 68.2 Å². The monoisotopic (exact) mass is 413 g/mol. The van der Waals surface area contributed by atoms with Crippen molar-refractivity contribution in [3.63, 3.8) is 0 Å². The van der Waals surface area contributed by atoms with E-state index in [0.717, 1.165) is 38.9 Å². The molecule has 3 aromatic carbocycles. The molecule has 0 spiro atoms. The molecule has 0 aliphatic carbocycles. The Balaban J connectivity index is 1.86. The zero-order chi connectivity index (χ0) is 22.2. The zero-order valence-electron chi connectivity index (χ0n) is 18.4. The summed E-state index contributed by atoms with van der Waals surface area (Å²) < 4.78 is 0. The van der Waals surface area contributed by atoms with Gasteiger partial charge in [0.05, 0.1) is 17.0 Å². The lowest BCUT2D eigenvalue weighted by molar-refractivity contribution is 1.26. The lowest BCUT2D eigenvalue weighted by atomic mass is 9.91. The summed E-state index contributed by atoms with van der Waals surface area (Å²) in [6.07, 6.45) is 1.96. The van der Waals surface area contributed by atoms with Gasteiger partial charge in [0.25, 0.3) is 0 Å². The molecule has 3 heteroatoms. The van der Waals surface area contributed by atoms with E-state index in [1.54, 1.807) is 0 Å². The first-order valence-electron chi connectivity index (χ1n) is 10.7. The molecular weight excluding hydrogens is 390 g/mol. The highest BCUT2D eigenvalue weighted by Crippen LogP contribution is 2.38. The number of hydrogen-bond donors (Lipinski definition) is 1. The van der Waals surface area contributed by atoms with E-state index in [0.29, 0.717) is 11.3 Å². The van der Waals surface area contributed by atoms with Crippen LogP contribution in [0.4, 0.5) is 0 Å². The van der Waals surface area contributed by atoms with Crippen molar-refractivity contribution >= 4 is 10.9 Å². The number of nitriles is 1. The van der Waals surface area contributed by atoms with Crippen molar-refractivity contribution < 1.29 is 0 Å². The number of aryl methyl sites for hydroxylation is 2.